The van der Waals surface area contributed by atoms with Crippen molar-refractivity contribution >= 4 is 12.1 Å². The highest BCUT2D eigenvalue weighted by Gasteiger charge is 2.03. The number of methoxy groups -OCH3 is 1. The summed E-state index contributed by atoms with van der Waals surface area (Å²) in [5, 5.41) is 3.83. The molecule has 4 heteroatoms. The summed E-state index contributed by atoms with van der Waals surface area (Å²) < 4.78 is 5.00. The first-order chi connectivity index (χ1) is 7.63. The van der Waals surface area contributed by atoms with Crippen LogP contribution in [0.25, 0.3) is 0 Å². The minimum absolute atomic E-state index is 0.223. The number of hydrogen-bond donors (Lipinski definition) is 1. The fourth-order valence-corrected chi connectivity index (χ4v) is 1.05. The van der Waals surface area contributed by atoms with Gasteiger partial charge >= 0.3 is 0 Å². The monoisotopic (exact) mass is 220 g/mol. The molecule has 0 unspecified atom stereocenters. The summed E-state index contributed by atoms with van der Waals surface area (Å²) in [6.45, 7) is 3.98. The Morgan fingerprint density at radius 1 is 1.38 bits per heavy atom. The molecular weight excluding hydrogens is 204 g/mol. The highest BCUT2D eigenvalue weighted by molar-refractivity contribution is 5.94. The third kappa shape index (κ3) is 3.73. The lowest BCUT2D eigenvalue weighted by molar-refractivity contribution is 0.0955. The van der Waals surface area contributed by atoms with E-state index in [1.807, 2.05) is 13.8 Å². The molecule has 0 radical (unpaired) electrons. The predicted octanol–water partition coefficient (Wildman–Crippen LogP) is 2.07. The minimum atomic E-state index is -0.223. The molecule has 0 aliphatic rings. The van der Waals surface area contributed by atoms with Crippen molar-refractivity contribution in [2.24, 2.45) is 11.0 Å². The molecule has 0 saturated heterocycles. The van der Waals surface area contributed by atoms with Crippen molar-refractivity contribution in [1.82, 2.24) is 5.43 Å². The van der Waals surface area contributed by atoms with Gasteiger partial charge in [0.05, 0.1) is 7.11 Å². The third-order valence-electron chi connectivity index (χ3n) is 1.89. The number of ether oxygens (including phenoxy) is 1. The molecule has 0 aromatic heterocycles. The van der Waals surface area contributed by atoms with E-state index in [0.717, 1.165) is 5.75 Å². The average Bonchev–Trinajstić information content (AvgIpc) is 2.28. The summed E-state index contributed by atoms with van der Waals surface area (Å²) in [5.74, 6) is 0.818. The third-order valence-corrected chi connectivity index (χ3v) is 1.89. The van der Waals surface area contributed by atoms with Crippen molar-refractivity contribution in [3.63, 3.8) is 0 Å². The number of hydrazone groups is 1. The molecule has 0 atom stereocenters. The quantitative estimate of drug-likeness (QED) is 0.623. The predicted molar refractivity (Wildman–Crippen MR) is 63.8 cm³/mol. The van der Waals surface area contributed by atoms with Crippen LogP contribution in [0.2, 0.25) is 0 Å². The van der Waals surface area contributed by atoms with Gasteiger partial charge in [-0.2, -0.15) is 5.10 Å². The van der Waals surface area contributed by atoms with E-state index in [1.165, 1.54) is 0 Å². The Morgan fingerprint density at radius 3 is 2.50 bits per heavy atom. The van der Waals surface area contributed by atoms with E-state index in [1.54, 1.807) is 37.6 Å². The van der Waals surface area contributed by atoms with Crippen molar-refractivity contribution < 1.29 is 9.53 Å². The van der Waals surface area contributed by atoms with Gasteiger partial charge in [0.2, 0.25) is 0 Å². The van der Waals surface area contributed by atoms with Crippen molar-refractivity contribution in [2.45, 2.75) is 13.8 Å². The smallest absolute Gasteiger partial charge is 0.271 e. The van der Waals surface area contributed by atoms with Gasteiger partial charge in [-0.25, -0.2) is 5.43 Å². The maximum absolute atomic E-state index is 11.6. The van der Waals surface area contributed by atoms with Crippen LogP contribution in [-0.2, 0) is 0 Å². The lowest BCUT2D eigenvalue weighted by atomic mass is 10.2. The number of nitrogens with one attached hydrogen (secondary N) is 1. The number of nitrogens with zero attached hydrogens (tertiary/aromatic N) is 1. The van der Waals surface area contributed by atoms with Crippen LogP contribution < -0.4 is 10.2 Å². The van der Waals surface area contributed by atoms with E-state index in [0.29, 0.717) is 11.5 Å². The molecule has 0 saturated carbocycles. The van der Waals surface area contributed by atoms with Crippen molar-refractivity contribution in [3.05, 3.63) is 29.8 Å². The Labute approximate surface area is 95.3 Å². The molecule has 0 fully saturated rings. The molecule has 1 N–H and O–H groups in total. The van der Waals surface area contributed by atoms with Gasteiger partial charge in [0, 0.05) is 11.8 Å². The lowest BCUT2D eigenvalue weighted by Crippen LogP contribution is -2.17. The van der Waals surface area contributed by atoms with Crippen LogP contribution in [-0.4, -0.2) is 19.2 Å². The molecule has 1 amide bonds. The summed E-state index contributed by atoms with van der Waals surface area (Å²) in [7, 11) is 1.59. The summed E-state index contributed by atoms with van der Waals surface area (Å²) in [4.78, 5) is 11.6. The van der Waals surface area contributed by atoms with E-state index < -0.39 is 0 Å². The molecule has 1 aromatic carbocycles. The van der Waals surface area contributed by atoms with E-state index in [9.17, 15) is 4.79 Å². The zero-order valence-corrected chi connectivity index (χ0v) is 9.73. The summed E-state index contributed by atoms with van der Waals surface area (Å²) in [6.07, 6.45) is 1.68. The van der Waals surface area contributed by atoms with Crippen LogP contribution in [0.3, 0.4) is 0 Å². The van der Waals surface area contributed by atoms with Gasteiger partial charge in [-0.1, -0.05) is 13.8 Å². The molecule has 0 heterocycles. The highest BCUT2D eigenvalue weighted by Crippen LogP contribution is 2.10. The molecule has 4 nitrogen and oxygen atoms in total. The maximum atomic E-state index is 11.6. The van der Waals surface area contributed by atoms with Crippen LogP contribution in [0.15, 0.2) is 29.4 Å². The molecule has 0 spiro atoms. The average molecular weight is 220 g/mol. The Bertz CT molecular complexity index is 369. The normalized spacial score (nSPS) is 10.8. The second-order valence-electron chi connectivity index (χ2n) is 3.69. The lowest BCUT2D eigenvalue weighted by Gasteiger charge is -2.02. The van der Waals surface area contributed by atoms with Crippen LogP contribution in [0.5, 0.6) is 5.75 Å². The molecule has 0 aliphatic heterocycles. The molecule has 1 aromatic rings. The fourth-order valence-electron chi connectivity index (χ4n) is 1.05. The summed E-state index contributed by atoms with van der Waals surface area (Å²) >= 11 is 0. The largest absolute Gasteiger partial charge is 0.497 e. The zero-order valence-electron chi connectivity index (χ0n) is 9.73. The van der Waals surface area contributed by atoms with Gasteiger partial charge in [-0.05, 0) is 30.2 Å². The second kappa shape index (κ2) is 5.90. The molecule has 0 bridgehead atoms. The van der Waals surface area contributed by atoms with Gasteiger partial charge in [-0.3, -0.25) is 4.79 Å². The van der Waals surface area contributed by atoms with Crippen molar-refractivity contribution in [2.75, 3.05) is 7.11 Å². The van der Waals surface area contributed by atoms with Crippen LogP contribution >= 0.6 is 0 Å². The number of benzene rings is 1. The molecular formula is C12H16N2O2. The maximum Gasteiger partial charge on any atom is 0.271 e. The van der Waals surface area contributed by atoms with Crippen molar-refractivity contribution in [1.29, 1.82) is 0 Å². The number of hydrogen-bond acceptors (Lipinski definition) is 3. The minimum Gasteiger partial charge on any atom is -0.497 e. The molecule has 86 valence electrons. The number of carbonyl (C=O) groups is 1. The van der Waals surface area contributed by atoms with Crippen molar-refractivity contribution in [3.8, 4) is 5.75 Å². The van der Waals surface area contributed by atoms with E-state index in [4.69, 9.17) is 4.74 Å². The Kier molecular flexibility index (Phi) is 4.51. The van der Waals surface area contributed by atoms with Crippen LogP contribution in [0.1, 0.15) is 24.2 Å². The first-order valence-electron chi connectivity index (χ1n) is 5.11. The van der Waals surface area contributed by atoms with E-state index >= 15 is 0 Å². The topological polar surface area (TPSA) is 50.7 Å². The summed E-state index contributed by atoms with van der Waals surface area (Å²) in [6, 6.07) is 6.86. The SMILES string of the molecule is COc1ccc(C(=O)NN=CC(C)C)cc1. The number of carbonyl (C=O) groups excluding carboxylic acids is 1. The Hall–Kier alpha value is -1.84. The first-order valence-corrected chi connectivity index (χ1v) is 5.11. The van der Waals surface area contributed by atoms with Gasteiger partial charge in [0.25, 0.3) is 5.91 Å². The molecule has 1 rings (SSSR count). The van der Waals surface area contributed by atoms with E-state index in [2.05, 4.69) is 10.5 Å². The van der Waals surface area contributed by atoms with Crippen LogP contribution in [0.4, 0.5) is 0 Å². The Balaban J connectivity index is 2.59. The zero-order chi connectivity index (χ0) is 12.0. The number of amides is 1. The molecule has 0 aliphatic carbocycles. The van der Waals surface area contributed by atoms with Gasteiger partial charge < -0.3 is 4.74 Å². The van der Waals surface area contributed by atoms with Gasteiger partial charge in [0.1, 0.15) is 5.75 Å². The van der Waals surface area contributed by atoms with Gasteiger partial charge in [-0.15, -0.1) is 0 Å². The summed E-state index contributed by atoms with van der Waals surface area (Å²) in [5.41, 5.74) is 3.01. The number of rotatable bonds is 4. The first kappa shape index (κ1) is 12.2. The fraction of sp³-hybridized carbons (Fsp3) is 0.333. The Morgan fingerprint density at radius 2 is 2.00 bits per heavy atom. The van der Waals surface area contributed by atoms with Gasteiger partial charge in [0.15, 0.2) is 0 Å². The van der Waals surface area contributed by atoms with E-state index in [-0.39, 0.29) is 5.91 Å². The van der Waals surface area contributed by atoms with Crippen LogP contribution in [0, 0.1) is 5.92 Å². The standard InChI is InChI=1S/C12H16N2O2/c1-9(2)8-13-14-12(15)10-4-6-11(16-3)7-5-10/h4-9H,1-3H3,(H,14,15). The molecule has 16 heavy (non-hydrogen) atoms. The highest BCUT2D eigenvalue weighted by atomic mass is 16.5. The second-order valence-corrected chi connectivity index (χ2v) is 3.69.